The van der Waals surface area contributed by atoms with Gasteiger partial charge < -0.3 is 10.8 Å². The van der Waals surface area contributed by atoms with Gasteiger partial charge in [-0.15, -0.1) is 0 Å². The number of rotatable bonds is 1. The smallest absolute Gasteiger partial charge is 0.357 e. The standard InChI is InChI=1S/C8H6ClN3O2/c9-4-1-3(10)2-5-6(4)7(8(13)14)12-11-5/h1-2H,10H2,(H,11,12)(H,13,14). The summed E-state index contributed by atoms with van der Waals surface area (Å²) >= 11 is 5.85. The van der Waals surface area contributed by atoms with Gasteiger partial charge in [0.15, 0.2) is 5.69 Å². The van der Waals surface area contributed by atoms with E-state index < -0.39 is 5.97 Å². The summed E-state index contributed by atoms with van der Waals surface area (Å²) in [5, 5.41) is 15.6. The van der Waals surface area contributed by atoms with E-state index in [0.717, 1.165) is 0 Å². The average molecular weight is 212 g/mol. The van der Waals surface area contributed by atoms with Crippen LogP contribution in [0.4, 0.5) is 5.69 Å². The number of nitrogens with zero attached hydrogens (tertiary/aromatic N) is 1. The number of hydrogen-bond acceptors (Lipinski definition) is 3. The fraction of sp³-hybridized carbons (Fsp3) is 0. The van der Waals surface area contributed by atoms with Crippen LogP contribution in [0.2, 0.25) is 5.02 Å². The van der Waals surface area contributed by atoms with Crippen molar-refractivity contribution in [1.82, 2.24) is 10.2 Å². The molecule has 2 rings (SSSR count). The zero-order valence-corrected chi connectivity index (χ0v) is 7.67. The minimum atomic E-state index is -1.12. The molecule has 0 aliphatic rings. The quantitative estimate of drug-likeness (QED) is 0.624. The first-order valence-electron chi connectivity index (χ1n) is 3.76. The van der Waals surface area contributed by atoms with E-state index in [0.29, 0.717) is 16.6 Å². The predicted octanol–water partition coefficient (Wildman–Crippen LogP) is 1.50. The van der Waals surface area contributed by atoms with Gasteiger partial charge in [0.1, 0.15) is 0 Å². The van der Waals surface area contributed by atoms with Crippen molar-refractivity contribution in [3.05, 3.63) is 22.8 Å². The molecule has 0 radical (unpaired) electrons. The number of carboxylic acid groups (broad SMARTS) is 1. The molecule has 14 heavy (non-hydrogen) atoms. The van der Waals surface area contributed by atoms with E-state index in [1.807, 2.05) is 0 Å². The Balaban J connectivity index is 2.85. The zero-order chi connectivity index (χ0) is 10.3. The first-order valence-corrected chi connectivity index (χ1v) is 4.14. The summed E-state index contributed by atoms with van der Waals surface area (Å²) in [6, 6.07) is 3.08. The second-order valence-corrected chi connectivity index (χ2v) is 3.21. The lowest BCUT2D eigenvalue weighted by Gasteiger charge is -1.96. The number of carbonyl (C=O) groups is 1. The molecule has 2 aromatic rings. The van der Waals surface area contributed by atoms with Gasteiger partial charge in [0, 0.05) is 5.69 Å². The number of benzene rings is 1. The van der Waals surface area contributed by atoms with Crippen LogP contribution in [0.3, 0.4) is 0 Å². The Morgan fingerprint density at radius 3 is 2.93 bits per heavy atom. The van der Waals surface area contributed by atoms with Crippen molar-refractivity contribution in [3.8, 4) is 0 Å². The lowest BCUT2D eigenvalue weighted by molar-refractivity contribution is 0.0692. The van der Waals surface area contributed by atoms with Gasteiger partial charge in [0.25, 0.3) is 0 Å². The number of aromatic amines is 1. The highest BCUT2D eigenvalue weighted by molar-refractivity contribution is 6.36. The third-order valence-electron chi connectivity index (χ3n) is 1.84. The molecule has 6 heteroatoms. The highest BCUT2D eigenvalue weighted by atomic mass is 35.5. The van der Waals surface area contributed by atoms with Crippen LogP contribution in [0, 0.1) is 0 Å². The Bertz CT molecular complexity index is 521. The molecule has 0 amide bonds. The van der Waals surface area contributed by atoms with E-state index >= 15 is 0 Å². The number of nitrogen functional groups attached to an aromatic ring is 1. The number of hydrogen-bond donors (Lipinski definition) is 3. The summed E-state index contributed by atoms with van der Waals surface area (Å²) in [5.41, 5.74) is 6.42. The number of nitrogens with one attached hydrogen (secondary N) is 1. The Morgan fingerprint density at radius 1 is 1.57 bits per heavy atom. The van der Waals surface area contributed by atoms with E-state index in [4.69, 9.17) is 22.4 Å². The molecular weight excluding hydrogens is 206 g/mol. The maximum absolute atomic E-state index is 10.7. The van der Waals surface area contributed by atoms with E-state index in [2.05, 4.69) is 10.2 Å². The number of nitrogens with two attached hydrogens (primary N) is 1. The summed E-state index contributed by atoms with van der Waals surface area (Å²) in [6.07, 6.45) is 0. The Labute approximate surface area is 83.5 Å². The van der Waals surface area contributed by atoms with Crippen LogP contribution in [-0.4, -0.2) is 21.3 Å². The van der Waals surface area contributed by atoms with Crippen LogP contribution in [0.1, 0.15) is 10.5 Å². The van der Waals surface area contributed by atoms with Crippen LogP contribution < -0.4 is 5.73 Å². The molecule has 0 aliphatic carbocycles. The first-order chi connectivity index (χ1) is 6.59. The molecular formula is C8H6ClN3O2. The van der Waals surface area contributed by atoms with E-state index in [1.54, 1.807) is 6.07 Å². The van der Waals surface area contributed by atoms with Gasteiger partial charge in [-0.05, 0) is 12.1 Å². The molecule has 1 aromatic carbocycles. The number of fused-ring (bicyclic) bond motifs is 1. The second-order valence-electron chi connectivity index (χ2n) is 2.80. The van der Waals surface area contributed by atoms with Gasteiger partial charge in [-0.3, -0.25) is 5.10 Å². The number of carboxylic acids is 1. The molecule has 1 heterocycles. The summed E-state index contributed by atoms with van der Waals surface area (Å²) < 4.78 is 0. The Hall–Kier alpha value is -1.75. The van der Waals surface area contributed by atoms with E-state index in [-0.39, 0.29) is 10.7 Å². The first kappa shape index (κ1) is 8.83. The summed E-state index contributed by atoms with van der Waals surface area (Å²) in [5.74, 6) is -1.12. The van der Waals surface area contributed by atoms with Crippen molar-refractivity contribution < 1.29 is 9.90 Å². The minimum absolute atomic E-state index is 0.0926. The van der Waals surface area contributed by atoms with Crippen molar-refractivity contribution >= 4 is 34.2 Å². The van der Waals surface area contributed by atoms with Gasteiger partial charge in [-0.1, -0.05) is 11.6 Å². The molecule has 1 aromatic heterocycles. The summed E-state index contributed by atoms with van der Waals surface area (Å²) in [6.45, 7) is 0. The van der Waals surface area contributed by atoms with Crippen LogP contribution in [0.5, 0.6) is 0 Å². The topological polar surface area (TPSA) is 92.0 Å². The monoisotopic (exact) mass is 211 g/mol. The largest absolute Gasteiger partial charge is 0.476 e. The van der Waals surface area contributed by atoms with Gasteiger partial charge in [-0.25, -0.2) is 4.79 Å². The summed E-state index contributed by atoms with van der Waals surface area (Å²) in [4.78, 5) is 10.7. The number of aromatic carboxylic acids is 1. The van der Waals surface area contributed by atoms with Crippen LogP contribution in [0.15, 0.2) is 12.1 Å². The van der Waals surface area contributed by atoms with Crippen molar-refractivity contribution in [2.45, 2.75) is 0 Å². The van der Waals surface area contributed by atoms with Crippen molar-refractivity contribution in [2.75, 3.05) is 5.73 Å². The summed E-state index contributed by atoms with van der Waals surface area (Å²) in [7, 11) is 0. The van der Waals surface area contributed by atoms with Crippen molar-refractivity contribution in [3.63, 3.8) is 0 Å². The molecule has 72 valence electrons. The fourth-order valence-corrected chi connectivity index (χ4v) is 1.60. The van der Waals surface area contributed by atoms with Crippen molar-refractivity contribution in [1.29, 1.82) is 0 Å². The molecule has 0 atom stereocenters. The Morgan fingerprint density at radius 2 is 2.29 bits per heavy atom. The molecule has 0 fully saturated rings. The van der Waals surface area contributed by atoms with Crippen molar-refractivity contribution in [2.24, 2.45) is 0 Å². The molecule has 4 N–H and O–H groups in total. The third kappa shape index (κ3) is 1.18. The lowest BCUT2D eigenvalue weighted by Crippen LogP contribution is -1.97. The fourth-order valence-electron chi connectivity index (χ4n) is 1.28. The highest BCUT2D eigenvalue weighted by Gasteiger charge is 2.15. The second kappa shape index (κ2) is 2.88. The maximum Gasteiger partial charge on any atom is 0.357 e. The number of H-pyrrole nitrogens is 1. The maximum atomic E-state index is 10.7. The van der Waals surface area contributed by atoms with Gasteiger partial charge in [-0.2, -0.15) is 5.10 Å². The number of aromatic nitrogens is 2. The van der Waals surface area contributed by atoms with Gasteiger partial charge in [0.2, 0.25) is 0 Å². The molecule has 0 spiro atoms. The predicted molar refractivity (Wildman–Crippen MR) is 52.5 cm³/mol. The lowest BCUT2D eigenvalue weighted by atomic mass is 10.2. The Kier molecular flexibility index (Phi) is 1.82. The molecule has 0 bridgehead atoms. The minimum Gasteiger partial charge on any atom is -0.476 e. The van der Waals surface area contributed by atoms with E-state index in [9.17, 15) is 4.79 Å². The molecule has 0 aliphatic heterocycles. The third-order valence-corrected chi connectivity index (χ3v) is 2.14. The van der Waals surface area contributed by atoms with Crippen LogP contribution >= 0.6 is 11.6 Å². The number of halogens is 1. The van der Waals surface area contributed by atoms with Gasteiger partial charge >= 0.3 is 5.97 Å². The van der Waals surface area contributed by atoms with Gasteiger partial charge in [0.05, 0.1) is 15.9 Å². The zero-order valence-electron chi connectivity index (χ0n) is 6.91. The number of anilines is 1. The van der Waals surface area contributed by atoms with E-state index in [1.165, 1.54) is 6.07 Å². The SMILES string of the molecule is Nc1cc(Cl)c2c(C(=O)O)n[nH]c2c1. The average Bonchev–Trinajstić information content (AvgIpc) is 2.47. The molecule has 5 nitrogen and oxygen atoms in total. The van der Waals surface area contributed by atoms with Crippen LogP contribution in [-0.2, 0) is 0 Å². The molecule has 0 saturated heterocycles. The normalized spacial score (nSPS) is 10.6. The highest BCUT2D eigenvalue weighted by Crippen LogP contribution is 2.27. The van der Waals surface area contributed by atoms with Crippen LogP contribution in [0.25, 0.3) is 10.9 Å². The molecule has 0 unspecified atom stereocenters. The molecule has 0 saturated carbocycles.